The van der Waals surface area contributed by atoms with Crippen molar-refractivity contribution in [3.8, 4) is 0 Å². The molecule has 10 nitrogen and oxygen atoms in total. The maximum Gasteiger partial charge on any atom is 0.472 e. The number of unbranched alkanes of at least 4 members (excludes halogenated alkanes) is 14. The third-order valence-electron chi connectivity index (χ3n) is 8.17. The Morgan fingerprint density at radius 3 is 1.66 bits per heavy atom. The van der Waals surface area contributed by atoms with E-state index in [1.807, 2.05) is 0 Å². The van der Waals surface area contributed by atoms with Gasteiger partial charge in [-0.15, -0.1) is 0 Å². The Labute approximate surface area is 321 Å². The second-order valence-corrected chi connectivity index (χ2v) is 14.8. The maximum atomic E-state index is 12.6. The van der Waals surface area contributed by atoms with Gasteiger partial charge in [-0.05, 0) is 77.0 Å². The first-order chi connectivity index (χ1) is 25.7. The molecule has 0 aliphatic rings. The lowest BCUT2D eigenvalue weighted by Gasteiger charge is -2.20. The van der Waals surface area contributed by atoms with Crippen LogP contribution in [0.1, 0.15) is 155 Å². The molecule has 0 saturated heterocycles. The van der Waals surface area contributed by atoms with E-state index >= 15 is 0 Å². The van der Waals surface area contributed by atoms with Crippen LogP contribution < -0.4 is 0 Å². The summed E-state index contributed by atoms with van der Waals surface area (Å²) in [7, 11) is -4.63. The molecule has 0 aromatic carbocycles. The minimum absolute atomic E-state index is 0.129. The normalized spacial score (nSPS) is 14.6. The topological polar surface area (TPSA) is 149 Å². The van der Waals surface area contributed by atoms with Crippen LogP contribution in [-0.2, 0) is 32.7 Å². The fourth-order valence-electron chi connectivity index (χ4n) is 4.99. The summed E-state index contributed by atoms with van der Waals surface area (Å²) >= 11 is 0. The summed E-state index contributed by atoms with van der Waals surface area (Å²) in [5, 5.41) is 18.3. The third kappa shape index (κ3) is 37.8. The van der Waals surface area contributed by atoms with Gasteiger partial charge in [0, 0.05) is 12.8 Å². The molecule has 3 N–H and O–H groups in total. The van der Waals surface area contributed by atoms with E-state index in [-0.39, 0.29) is 19.4 Å². The van der Waals surface area contributed by atoms with Gasteiger partial charge in [0.2, 0.25) is 0 Å². The zero-order valence-electron chi connectivity index (χ0n) is 33.0. The fourth-order valence-corrected chi connectivity index (χ4v) is 5.78. The number of phosphoric acid groups is 1. The summed E-state index contributed by atoms with van der Waals surface area (Å²) in [6.45, 7) is 2.25. The highest BCUT2D eigenvalue weighted by molar-refractivity contribution is 7.47. The molecule has 0 fully saturated rings. The Balaban J connectivity index is 4.45. The van der Waals surface area contributed by atoms with Crippen LogP contribution in [0.4, 0.5) is 0 Å². The van der Waals surface area contributed by atoms with Crippen molar-refractivity contribution in [3.05, 3.63) is 60.8 Å². The van der Waals surface area contributed by atoms with Crippen molar-refractivity contribution in [2.24, 2.45) is 0 Å². The molecular weight excluding hydrogens is 695 g/mol. The Kier molecular flexibility index (Phi) is 36.3. The third-order valence-corrected chi connectivity index (χ3v) is 9.12. The van der Waals surface area contributed by atoms with E-state index < -0.39 is 51.8 Å². The molecule has 11 heteroatoms. The van der Waals surface area contributed by atoms with Crippen molar-refractivity contribution in [2.45, 2.75) is 167 Å². The van der Waals surface area contributed by atoms with E-state index in [1.54, 1.807) is 0 Å². The van der Waals surface area contributed by atoms with Gasteiger partial charge in [-0.25, -0.2) is 4.57 Å². The highest BCUT2D eigenvalue weighted by Crippen LogP contribution is 2.43. The quantitative estimate of drug-likeness (QED) is 0.0183. The number of hydrogen-bond acceptors (Lipinski definition) is 9. The molecule has 0 radical (unpaired) electrons. The fraction of sp³-hybridized carbons (Fsp3) is 0.714. The van der Waals surface area contributed by atoms with Crippen molar-refractivity contribution >= 4 is 19.8 Å². The second-order valence-electron chi connectivity index (χ2n) is 13.3. The molecule has 1 unspecified atom stereocenters. The first kappa shape index (κ1) is 50.7. The van der Waals surface area contributed by atoms with Gasteiger partial charge < -0.3 is 24.6 Å². The molecule has 53 heavy (non-hydrogen) atoms. The molecule has 0 bridgehead atoms. The van der Waals surface area contributed by atoms with Gasteiger partial charge >= 0.3 is 19.8 Å². The average molecular weight is 769 g/mol. The number of allylic oxidation sites excluding steroid dienone is 10. The van der Waals surface area contributed by atoms with Crippen molar-refractivity contribution in [1.29, 1.82) is 0 Å². The van der Waals surface area contributed by atoms with Gasteiger partial charge in [-0.1, -0.05) is 126 Å². The number of carbonyl (C=O) groups excluding carboxylic acids is 2. The minimum atomic E-state index is -4.63. The van der Waals surface area contributed by atoms with Crippen LogP contribution in [0.2, 0.25) is 0 Å². The van der Waals surface area contributed by atoms with Crippen LogP contribution in [0.15, 0.2) is 60.8 Å². The molecule has 3 atom stereocenters. The van der Waals surface area contributed by atoms with Gasteiger partial charge in [-0.2, -0.15) is 0 Å². The molecule has 0 rings (SSSR count). The number of ether oxygens (including phenoxy) is 2. The van der Waals surface area contributed by atoms with Gasteiger partial charge in [0.15, 0.2) is 6.10 Å². The van der Waals surface area contributed by atoms with E-state index in [9.17, 15) is 24.2 Å². The van der Waals surface area contributed by atoms with Crippen molar-refractivity contribution in [2.75, 3.05) is 26.4 Å². The molecular formula is C42H73O10P. The SMILES string of the molecule is CCCCC/C=C/C/C=C/C/C=C/CCCCC(=O)O[C@H](COC(=O)CCCCCCC/C=C/C=C/CCCCCC)COP(=O)(O)OC[C@@H](O)CO. The molecule has 0 heterocycles. The zero-order chi connectivity index (χ0) is 39.1. The summed E-state index contributed by atoms with van der Waals surface area (Å²) in [6.07, 6.45) is 40.4. The molecule has 0 amide bonds. The van der Waals surface area contributed by atoms with Crippen LogP contribution in [0.3, 0.4) is 0 Å². The summed E-state index contributed by atoms with van der Waals surface area (Å²) in [5.41, 5.74) is 0. The minimum Gasteiger partial charge on any atom is -0.462 e. The Morgan fingerprint density at radius 1 is 0.585 bits per heavy atom. The predicted octanol–water partition coefficient (Wildman–Crippen LogP) is 10.3. The van der Waals surface area contributed by atoms with E-state index in [2.05, 4.69) is 79.1 Å². The van der Waals surface area contributed by atoms with E-state index in [0.717, 1.165) is 70.6 Å². The molecule has 0 spiro atoms. The van der Waals surface area contributed by atoms with E-state index in [4.69, 9.17) is 19.1 Å². The average Bonchev–Trinajstić information content (AvgIpc) is 3.14. The lowest BCUT2D eigenvalue weighted by Crippen LogP contribution is -2.29. The molecule has 0 aromatic rings. The van der Waals surface area contributed by atoms with Gasteiger partial charge in [-0.3, -0.25) is 18.6 Å². The van der Waals surface area contributed by atoms with Crippen molar-refractivity contribution < 1.29 is 47.8 Å². The Bertz CT molecular complexity index is 1070. The van der Waals surface area contributed by atoms with Crippen LogP contribution in [0.5, 0.6) is 0 Å². The molecule has 0 aromatic heterocycles. The number of hydrogen-bond donors (Lipinski definition) is 3. The summed E-state index contributed by atoms with van der Waals surface area (Å²) in [5.74, 6) is -0.993. The highest BCUT2D eigenvalue weighted by atomic mass is 31.2. The molecule has 0 saturated carbocycles. The zero-order valence-corrected chi connectivity index (χ0v) is 33.9. The molecule has 0 aliphatic carbocycles. The van der Waals surface area contributed by atoms with E-state index in [0.29, 0.717) is 12.8 Å². The smallest absolute Gasteiger partial charge is 0.462 e. The van der Waals surface area contributed by atoms with Gasteiger partial charge in [0.25, 0.3) is 0 Å². The number of rotatable bonds is 37. The van der Waals surface area contributed by atoms with Gasteiger partial charge in [0.1, 0.15) is 12.7 Å². The lowest BCUT2D eigenvalue weighted by molar-refractivity contribution is -0.161. The Morgan fingerprint density at radius 2 is 1.04 bits per heavy atom. The molecule has 0 aliphatic heterocycles. The summed E-state index contributed by atoms with van der Waals surface area (Å²) in [4.78, 5) is 34.9. The largest absolute Gasteiger partial charge is 0.472 e. The van der Waals surface area contributed by atoms with Gasteiger partial charge in [0.05, 0.1) is 19.8 Å². The number of aliphatic hydroxyl groups is 2. The Hall–Kier alpha value is -2.33. The number of esters is 2. The maximum absolute atomic E-state index is 12.6. The summed E-state index contributed by atoms with van der Waals surface area (Å²) in [6, 6.07) is 0. The summed E-state index contributed by atoms with van der Waals surface area (Å²) < 4.78 is 32.6. The number of phosphoric ester groups is 1. The number of carbonyl (C=O) groups is 2. The van der Waals surface area contributed by atoms with Crippen LogP contribution in [-0.4, -0.2) is 65.7 Å². The van der Waals surface area contributed by atoms with E-state index in [1.165, 1.54) is 44.9 Å². The van der Waals surface area contributed by atoms with Crippen LogP contribution in [0, 0.1) is 0 Å². The first-order valence-corrected chi connectivity index (χ1v) is 21.8. The standard InChI is InChI=1S/C42H73O10P/c1-3-5-7-9-11-13-15-17-19-21-23-25-27-29-31-33-41(45)49-37-40(38-51-53(47,48)50-36-39(44)35-43)52-42(46)34-32-30-28-26-24-22-20-18-16-14-12-10-8-6-4-2/h12-15,17-20,24,26,39-40,43-44H,3-11,16,21-23,25,27-38H2,1-2H3,(H,47,48)/b14-12+,15-13+,19-17+,20-18+,26-24+/t39-,40+/m0/s1. The second kappa shape index (κ2) is 38.0. The number of aliphatic hydroxyl groups excluding tert-OH is 2. The first-order valence-electron chi connectivity index (χ1n) is 20.3. The van der Waals surface area contributed by atoms with Crippen LogP contribution in [0.25, 0.3) is 0 Å². The monoisotopic (exact) mass is 768 g/mol. The highest BCUT2D eigenvalue weighted by Gasteiger charge is 2.27. The lowest BCUT2D eigenvalue weighted by atomic mass is 10.1. The van der Waals surface area contributed by atoms with Crippen molar-refractivity contribution in [3.63, 3.8) is 0 Å². The van der Waals surface area contributed by atoms with Crippen LogP contribution >= 0.6 is 7.82 Å². The molecule has 306 valence electrons. The van der Waals surface area contributed by atoms with Crippen molar-refractivity contribution in [1.82, 2.24) is 0 Å². The predicted molar refractivity (Wildman–Crippen MR) is 214 cm³/mol.